The summed E-state index contributed by atoms with van der Waals surface area (Å²) in [4.78, 5) is 11.9. The first kappa shape index (κ1) is 9.97. The van der Waals surface area contributed by atoms with Crippen LogP contribution in [0.4, 0.5) is 0 Å². The second-order valence-corrected chi connectivity index (χ2v) is 5.10. The van der Waals surface area contributed by atoms with E-state index in [-0.39, 0.29) is 23.4 Å². The van der Waals surface area contributed by atoms with E-state index in [9.17, 15) is 4.79 Å². The minimum absolute atomic E-state index is 0.0705. The summed E-state index contributed by atoms with van der Waals surface area (Å²) in [6, 6.07) is 0.0890. The Balaban J connectivity index is 1.89. The van der Waals surface area contributed by atoms with Crippen LogP contribution in [0.3, 0.4) is 0 Å². The predicted octanol–water partition coefficient (Wildman–Crippen LogP) is 1.17. The second kappa shape index (κ2) is 3.54. The van der Waals surface area contributed by atoms with Crippen LogP contribution in [0.1, 0.15) is 45.4 Å². The summed E-state index contributed by atoms with van der Waals surface area (Å²) < 4.78 is 0. The maximum atomic E-state index is 11.9. The van der Waals surface area contributed by atoms with Gasteiger partial charge in [-0.1, -0.05) is 12.8 Å². The van der Waals surface area contributed by atoms with Gasteiger partial charge < -0.3 is 11.1 Å². The Morgan fingerprint density at radius 1 is 1.36 bits per heavy atom. The van der Waals surface area contributed by atoms with Crippen LogP contribution in [-0.2, 0) is 4.79 Å². The molecule has 80 valence electrons. The molecule has 3 N–H and O–H groups in total. The lowest BCUT2D eigenvalue weighted by molar-refractivity contribution is -0.127. The number of carbonyl (C=O) groups excluding carboxylic acids is 1. The lowest BCUT2D eigenvalue weighted by Crippen LogP contribution is -2.46. The third kappa shape index (κ3) is 2.08. The molecule has 0 aromatic rings. The molecule has 0 saturated heterocycles. The van der Waals surface area contributed by atoms with Gasteiger partial charge in [0.05, 0.1) is 5.92 Å². The molecule has 2 aliphatic rings. The van der Waals surface area contributed by atoms with Crippen LogP contribution in [0.25, 0.3) is 0 Å². The van der Waals surface area contributed by atoms with E-state index in [4.69, 9.17) is 5.73 Å². The average molecular weight is 196 g/mol. The SMILES string of the molecule is CC1(NC(=O)C2CCCCC2N)CC1. The third-order valence-electron chi connectivity index (χ3n) is 3.58. The first-order valence-electron chi connectivity index (χ1n) is 5.68. The molecule has 0 aromatic carbocycles. The molecule has 3 nitrogen and oxygen atoms in total. The zero-order valence-corrected chi connectivity index (χ0v) is 8.88. The standard InChI is InChI=1S/C11H20N2O/c1-11(6-7-11)13-10(14)8-4-2-3-5-9(8)12/h8-9H,2-7,12H2,1H3,(H,13,14). The number of amides is 1. The van der Waals surface area contributed by atoms with Crippen molar-refractivity contribution < 1.29 is 4.79 Å². The van der Waals surface area contributed by atoms with Gasteiger partial charge in [-0.3, -0.25) is 4.79 Å². The van der Waals surface area contributed by atoms with Gasteiger partial charge in [0.25, 0.3) is 0 Å². The van der Waals surface area contributed by atoms with E-state index in [2.05, 4.69) is 12.2 Å². The predicted molar refractivity (Wildman–Crippen MR) is 55.7 cm³/mol. The van der Waals surface area contributed by atoms with Gasteiger partial charge >= 0.3 is 0 Å². The van der Waals surface area contributed by atoms with Crippen LogP contribution in [0.2, 0.25) is 0 Å². The molecular formula is C11H20N2O. The monoisotopic (exact) mass is 196 g/mol. The van der Waals surface area contributed by atoms with Crippen molar-refractivity contribution in [2.75, 3.05) is 0 Å². The van der Waals surface area contributed by atoms with Crippen molar-refractivity contribution in [2.24, 2.45) is 11.7 Å². The van der Waals surface area contributed by atoms with Crippen LogP contribution < -0.4 is 11.1 Å². The fraction of sp³-hybridized carbons (Fsp3) is 0.909. The largest absolute Gasteiger partial charge is 0.351 e. The lowest BCUT2D eigenvalue weighted by atomic mass is 9.84. The van der Waals surface area contributed by atoms with E-state index in [1.165, 1.54) is 6.42 Å². The zero-order chi connectivity index (χ0) is 10.2. The summed E-state index contributed by atoms with van der Waals surface area (Å²) in [6.45, 7) is 2.11. The molecule has 1 amide bonds. The van der Waals surface area contributed by atoms with E-state index in [1.807, 2.05) is 0 Å². The maximum absolute atomic E-state index is 11.9. The van der Waals surface area contributed by atoms with Gasteiger partial charge in [0, 0.05) is 11.6 Å². The first-order valence-corrected chi connectivity index (χ1v) is 5.68. The summed E-state index contributed by atoms with van der Waals surface area (Å²) in [6.07, 6.45) is 6.57. The van der Waals surface area contributed by atoms with Crippen molar-refractivity contribution in [3.05, 3.63) is 0 Å². The summed E-state index contributed by atoms with van der Waals surface area (Å²) in [5.74, 6) is 0.262. The fourth-order valence-electron chi connectivity index (χ4n) is 2.19. The molecule has 14 heavy (non-hydrogen) atoms. The van der Waals surface area contributed by atoms with E-state index >= 15 is 0 Å². The van der Waals surface area contributed by atoms with Crippen LogP contribution in [0.5, 0.6) is 0 Å². The van der Waals surface area contributed by atoms with E-state index < -0.39 is 0 Å². The molecule has 2 rings (SSSR count). The van der Waals surface area contributed by atoms with Gasteiger partial charge in [0.2, 0.25) is 5.91 Å². The highest BCUT2D eigenvalue weighted by Crippen LogP contribution is 2.35. The van der Waals surface area contributed by atoms with Crippen LogP contribution in [0.15, 0.2) is 0 Å². The van der Waals surface area contributed by atoms with E-state index in [0.717, 1.165) is 32.1 Å². The van der Waals surface area contributed by atoms with Crippen molar-refractivity contribution in [1.29, 1.82) is 0 Å². The number of carbonyl (C=O) groups is 1. The van der Waals surface area contributed by atoms with E-state index in [1.54, 1.807) is 0 Å². The highest BCUT2D eigenvalue weighted by Gasteiger charge is 2.41. The van der Waals surface area contributed by atoms with Gasteiger partial charge in [0.15, 0.2) is 0 Å². The summed E-state index contributed by atoms with van der Waals surface area (Å²) in [5.41, 5.74) is 6.06. The molecule has 2 atom stereocenters. The normalized spacial score (nSPS) is 35.0. The molecule has 2 unspecified atom stereocenters. The fourth-order valence-corrected chi connectivity index (χ4v) is 2.19. The molecule has 2 fully saturated rings. The van der Waals surface area contributed by atoms with Gasteiger partial charge in [0.1, 0.15) is 0 Å². The molecule has 2 saturated carbocycles. The van der Waals surface area contributed by atoms with Crippen molar-refractivity contribution in [3.63, 3.8) is 0 Å². The molecule has 0 bridgehead atoms. The molecule has 0 radical (unpaired) electrons. The zero-order valence-electron chi connectivity index (χ0n) is 8.88. The number of hydrogen-bond acceptors (Lipinski definition) is 2. The van der Waals surface area contributed by atoms with Gasteiger partial charge in [-0.2, -0.15) is 0 Å². The second-order valence-electron chi connectivity index (χ2n) is 5.10. The van der Waals surface area contributed by atoms with Crippen molar-refractivity contribution in [2.45, 2.75) is 57.0 Å². The van der Waals surface area contributed by atoms with Gasteiger partial charge in [-0.25, -0.2) is 0 Å². The molecule has 0 heterocycles. The highest BCUT2D eigenvalue weighted by atomic mass is 16.2. The quantitative estimate of drug-likeness (QED) is 0.696. The summed E-state index contributed by atoms with van der Waals surface area (Å²) >= 11 is 0. The van der Waals surface area contributed by atoms with Gasteiger partial charge in [-0.15, -0.1) is 0 Å². The molecule has 0 aromatic heterocycles. The van der Waals surface area contributed by atoms with Crippen LogP contribution in [-0.4, -0.2) is 17.5 Å². The van der Waals surface area contributed by atoms with Crippen molar-refractivity contribution >= 4 is 5.91 Å². The Kier molecular flexibility index (Phi) is 2.52. The van der Waals surface area contributed by atoms with Crippen molar-refractivity contribution in [3.8, 4) is 0 Å². The number of nitrogens with one attached hydrogen (secondary N) is 1. The highest BCUT2D eigenvalue weighted by molar-refractivity contribution is 5.80. The molecule has 3 heteroatoms. The number of hydrogen-bond donors (Lipinski definition) is 2. The maximum Gasteiger partial charge on any atom is 0.225 e. The van der Waals surface area contributed by atoms with Crippen LogP contribution >= 0.6 is 0 Å². The van der Waals surface area contributed by atoms with E-state index in [0.29, 0.717) is 0 Å². The Labute approximate surface area is 85.4 Å². The molecule has 0 aliphatic heterocycles. The lowest BCUT2D eigenvalue weighted by Gasteiger charge is -2.28. The number of rotatable bonds is 2. The molecule has 0 spiro atoms. The average Bonchev–Trinajstić information content (AvgIpc) is 2.84. The number of nitrogens with two attached hydrogens (primary N) is 1. The van der Waals surface area contributed by atoms with Gasteiger partial charge in [-0.05, 0) is 32.6 Å². The summed E-state index contributed by atoms with van der Waals surface area (Å²) in [7, 11) is 0. The van der Waals surface area contributed by atoms with Crippen LogP contribution in [0, 0.1) is 5.92 Å². The molecular weight excluding hydrogens is 176 g/mol. The molecule has 2 aliphatic carbocycles. The van der Waals surface area contributed by atoms with Crippen molar-refractivity contribution in [1.82, 2.24) is 5.32 Å². The Morgan fingerprint density at radius 3 is 2.57 bits per heavy atom. The minimum Gasteiger partial charge on any atom is -0.351 e. The Morgan fingerprint density at radius 2 is 2.00 bits per heavy atom. The third-order valence-corrected chi connectivity index (χ3v) is 3.58. The topological polar surface area (TPSA) is 55.1 Å². The Bertz CT molecular complexity index is 235. The smallest absolute Gasteiger partial charge is 0.225 e. The minimum atomic E-state index is 0.0705. The first-order chi connectivity index (χ1) is 6.61. The Hall–Kier alpha value is -0.570. The summed E-state index contributed by atoms with van der Waals surface area (Å²) in [5, 5.41) is 3.11.